The summed E-state index contributed by atoms with van der Waals surface area (Å²) in [7, 11) is 0. The Morgan fingerprint density at radius 1 is 1.21 bits per heavy atom. The predicted molar refractivity (Wildman–Crippen MR) is 74.2 cm³/mol. The van der Waals surface area contributed by atoms with E-state index in [4.69, 9.17) is 11.6 Å². The monoisotopic (exact) mass is 346 g/mol. The van der Waals surface area contributed by atoms with Crippen LogP contribution in [0.4, 0.5) is 8.78 Å². The molecule has 0 aliphatic carbocycles. The van der Waals surface area contributed by atoms with Crippen LogP contribution in [-0.2, 0) is 6.42 Å². The molecule has 1 unspecified atom stereocenters. The van der Waals surface area contributed by atoms with Crippen molar-refractivity contribution in [2.45, 2.75) is 12.5 Å². The van der Waals surface area contributed by atoms with Gasteiger partial charge < -0.3 is 5.11 Å². The Balaban J connectivity index is 2.25. The van der Waals surface area contributed by atoms with E-state index in [0.717, 1.165) is 10.5 Å². The number of benzene rings is 2. The van der Waals surface area contributed by atoms with Crippen LogP contribution in [0.2, 0.25) is 5.02 Å². The van der Waals surface area contributed by atoms with Crippen LogP contribution in [0.25, 0.3) is 0 Å². The lowest BCUT2D eigenvalue weighted by Gasteiger charge is -2.13. The number of aliphatic hydroxyl groups is 1. The Bertz CT molecular complexity index is 604. The quantitative estimate of drug-likeness (QED) is 0.856. The second-order valence-corrected chi connectivity index (χ2v) is 5.42. The molecule has 0 bridgehead atoms. The third kappa shape index (κ3) is 3.32. The molecule has 0 saturated carbocycles. The second kappa shape index (κ2) is 5.99. The summed E-state index contributed by atoms with van der Waals surface area (Å²) in [5.41, 5.74) is 0.597. The highest BCUT2D eigenvalue weighted by Crippen LogP contribution is 2.27. The molecule has 19 heavy (non-hydrogen) atoms. The van der Waals surface area contributed by atoms with E-state index in [9.17, 15) is 13.9 Å². The molecule has 1 nitrogen and oxygen atoms in total. The lowest BCUT2D eigenvalue weighted by atomic mass is 10.0. The van der Waals surface area contributed by atoms with Crippen LogP contribution in [0.1, 0.15) is 17.2 Å². The zero-order chi connectivity index (χ0) is 14.0. The van der Waals surface area contributed by atoms with Crippen molar-refractivity contribution in [3.63, 3.8) is 0 Å². The van der Waals surface area contributed by atoms with Crippen molar-refractivity contribution in [2.75, 3.05) is 0 Å². The van der Waals surface area contributed by atoms with E-state index in [1.165, 1.54) is 12.1 Å². The van der Waals surface area contributed by atoms with Crippen LogP contribution in [-0.4, -0.2) is 5.11 Å². The number of halogens is 4. The molecule has 0 saturated heterocycles. The van der Waals surface area contributed by atoms with Crippen LogP contribution in [0.15, 0.2) is 40.9 Å². The van der Waals surface area contributed by atoms with Gasteiger partial charge in [0.25, 0.3) is 0 Å². The fourth-order valence-electron chi connectivity index (χ4n) is 1.78. The largest absolute Gasteiger partial charge is 0.388 e. The van der Waals surface area contributed by atoms with Gasteiger partial charge in [-0.3, -0.25) is 0 Å². The summed E-state index contributed by atoms with van der Waals surface area (Å²) >= 11 is 9.30. The summed E-state index contributed by atoms with van der Waals surface area (Å²) in [6.45, 7) is 0. The Morgan fingerprint density at radius 2 is 1.95 bits per heavy atom. The zero-order valence-electron chi connectivity index (χ0n) is 9.71. The first kappa shape index (κ1) is 14.4. The molecule has 100 valence electrons. The number of rotatable bonds is 3. The topological polar surface area (TPSA) is 20.2 Å². The zero-order valence-corrected chi connectivity index (χ0v) is 12.0. The van der Waals surface area contributed by atoms with E-state index in [1.807, 2.05) is 0 Å². The van der Waals surface area contributed by atoms with Crippen molar-refractivity contribution in [1.29, 1.82) is 0 Å². The molecule has 0 spiro atoms. The highest BCUT2D eigenvalue weighted by Gasteiger charge is 2.17. The minimum absolute atomic E-state index is 0.0704. The summed E-state index contributed by atoms with van der Waals surface area (Å²) in [5.74, 6) is -2.00. The average molecular weight is 348 g/mol. The Morgan fingerprint density at radius 3 is 2.63 bits per heavy atom. The van der Waals surface area contributed by atoms with Gasteiger partial charge in [-0.2, -0.15) is 0 Å². The molecule has 0 aromatic heterocycles. The molecule has 5 heteroatoms. The van der Waals surface area contributed by atoms with Crippen LogP contribution in [0, 0.1) is 11.6 Å². The van der Waals surface area contributed by atoms with Crippen LogP contribution < -0.4 is 0 Å². The van der Waals surface area contributed by atoms with Gasteiger partial charge >= 0.3 is 0 Å². The summed E-state index contributed by atoms with van der Waals surface area (Å²) in [5, 5.41) is 10.5. The summed E-state index contributed by atoms with van der Waals surface area (Å²) in [6.07, 6.45) is -1.03. The lowest BCUT2D eigenvalue weighted by molar-refractivity contribution is 0.172. The molecular formula is C14H10BrClF2O. The third-order valence-electron chi connectivity index (χ3n) is 2.77. The molecule has 1 atom stereocenters. The summed E-state index contributed by atoms with van der Waals surface area (Å²) < 4.78 is 27.4. The first-order chi connectivity index (χ1) is 8.99. The van der Waals surface area contributed by atoms with Gasteiger partial charge in [-0.05, 0) is 23.8 Å². The minimum Gasteiger partial charge on any atom is -0.388 e. The van der Waals surface area contributed by atoms with Crippen molar-refractivity contribution in [1.82, 2.24) is 0 Å². The van der Waals surface area contributed by atoms with Gasteiger partial charge in [-0.25, -0.2) is 8.78 Å². The molecule has 0 amide bonds. The van der Waals surface area contributed by atoms with E-state index >= 15 is 0 Å². The molecule has 2 rings (SSSR count). The van der Waals surface area contributed by atoms with Gasteiger partial charge in [0.2, 0.25) is 0 Å². The van der Waals surface area contributed by atoms with Crippen molar-refractivity contribution in [2.24, 2.45) is 0 Å². The Labute approximate surface area is 123 Å². The highest BCUT2D eigenvalue weighted by molar-refractivity contribution is 9.10. The van der Waals surface area contributed by atoms with Gasteiger partial charge in [0.1, 0.15) is 0 Å². The summed E-state index contributed by atoms with van der Waals surface area (Å²) in [6, 6.07) is 8.92. The normalized spacial score (nSPS) is 12.5. The molecule has 0 aliphatic rings. The SMILES string of the molecule is OC(Cc1ccc(Br)cc1Cl)c1cccc(F)c1F. The highest BCUT2D eigenvalue weighted by atomic mass is 79.9. The van der Waals surface area contributed by atoms with Crippen molar-refractivity contribution >= 4 is 27.5 Å². The summed E-state index contributed by atoms with van der Waals surface area (Å²) in [4.78, 5) is 0. The maximum atomic E-state index is 13.5. The van der Waals surface area contributed by atoms with Gasteiger partial charge in [0.15, 0.2) is 11.6 Å². The smallest absolute Gasteiger partial charge is 0.164 e. The van der Waals surface area contributed by atoms with Gasteiger partial charge in [-0.1, -0.05) is 45.7 Å². The molecule has 0 heterocycles. The molecule has 0 radical (unpaired) electrons. The van der Waals surface area contributed by atoms with Crippen LogP contribution in [0.5, 0.6) is 0 Å². The van der Waals surface area contributed by atoms with Gasteiger partial charge in [0, 0.05) is 21.5 Å². The first-order valence-electron chi connectivity index (χ1n) is 5.55. The van der Waals surface area contributed by atoms with E-state index < -0.39 is 17.7 Å². The van der Waals surface area contributed by atoms with E-state index in [0.29, 0.717) is 10.6 Å². The van der Waals surface area contributed by atoms with Gasteiger partial charge in [0.05, 0.1) is 6.10 Å². The number of hydrogen-bond donors (Lipinski definition) is 1. The maximum absolute atomic E-state index is 13.5. The Kier molecular flexibility index (Phi) is 4.55. The van der Waals surface area contributed by atoms with E-state index in [2.05, 4.69) is 15.9 Å². The van der Waals surface area contributed by atoms with Crippen LogP contribution in [0.3, 0.4) is 0 Å². The van der Waals surface area contributed by atoms with Crippen molar-refractivity contribution < 1.29 is 13.9 Å². The molecule has 1 N–H and O–H groups in total. The third-order valence-corrected chi connectivity index (χ3v) is 3.61. The molecular weight excluding hydrogens is 338 g/mol. The second-order valence-electron chi connectivity index (χ2n) is 4.10. The standard InChI is InChI=1S/C14H10BrClF2O/c15-9-5-4-8(11(16)7-9)6-13(19)10-2-1-3-12(17)14(10)18/h1-5,7,13,19H,6H2. The fraction of sp³-hybridized carbons (Fsp3) is 0.143. The Hall–Kier alpha value is -0.970. The maximum Gasteiger partial charge on any atom is 0.164 e. The first-order valence-corrected chi connectivity index (χ1v) is 6.72. The van der Waals surface area contributed by atoms with Gasteiger partial charge in [-0.15, -0.1) is 0 Å². The van der Waals surface area contributed by atoms with E-state index in [1.54, 1.807) is 18.2 Å². The molecule has 0 aliphatic heterocycles. The predicted octanol–water partition coefficient (Wildman–Crippen LogP) is 4.66. The minimum atomic E-state index is -1.14. The van der Waals surface area contributed by atoms with Crippen molar-refractivity contribution in [3.05, 3.63) is 68.7 Å². The number of aliphatic hydroxyl groups excluding tert-OH is 1. The van der Waals surface area contributed by atoms with Crippen LogP contribution >= 0.6 is 27.5 Å². The molecule has 2 aromatic carbocycles. The lowest BCUT2D eigenvalue weighted by Crippen LogP contribution is -2.06. The molecule has 0 fully saturated rings. The average Bonchev–Trinajstić information content (AvgIpc) is 2.36. The number of hydrogen-bond acceptors (Lipinski definition) is 1. The fourth-order valence-corrected chi connectivity index (χ4v) is 2.53. The van der Waals surface area contributed by atoms with E-state index in [-0.39, 0.29) is 12.0 Å². The van der Waals surface area contributed by atoms with Crippen molar-refractivity contribution in [3.8, 4) is 0 Å². The molecule has 2 aromatic rings.